The number of piperidine rings is 1. The van der Waals surface area contributed by atoms with Crippen LogP contribution in [0.4, 0.5) is 5.00 Å². The second-order valence-corrected chi connectivity index (χ2v) is 8.58. The highest BCUT2D eigenvalue weighted by molar-refractivity contribution is 14.0. The van der Waals surface area contributed by atoms with Gasteiger partial charge in [0.2, 0.25) is 0 Å². The largest absolute Gasteiger partial charge is 0.363 e. The molecule has 1 aromatic carbocycles. The first kappa shape index (κ1) is 22.0. The van der Waals surface area contributed by atoms with Crippen molar-refractivity contribution in [2.24, 2.45) is 4.99 Å². The second kappa shape index (κ2) is 10.9. The van der Waals surface area contributed by atoms with Gasteiger partial charge in [-0.2, -0.15) is 0 Å². The number of benzene rings is 1. The first-order valence-electron chi connectivity index (χ1n) is 9.57. The van der Waals surface area contributed by atoms with Gasteiger partial charge >= 0.3 is 0 Å². The number of anilines is 1. The number of hydrogen-bond donors (Lipinski definition) is 2. The minimum atomic E-state index is 0. The third-order valence-electron chi connectivity index (χ3n) is 4.89. The van der Waals surface area contributed by atoms with E-state index in [0.717, 1.165) is 42.6 Å². The highest BCUT2D eigenvalue weighted by Gasteiger charge is 2.20. The molecule has 3 heterocycles. The molecular weight excluding hydrogens is 513 g/mol. The Morgan fingerprint density at radius 1 is 1.14 bits per heavy atom. The van der Waals surface area contributed by atoms with Crippen molar-refractivity contribution in [1.29, 1.82) is 0 Å². The molecule has 4 rings (SSSR count). The van der Waals surface area contributed by atoms with Gasteiger partial charge in [-0.3, -0.25) is 4.99 Å². The number of thiophene rings is 1. The Kier molecular flexibility index (Phi) is 8.31. The fraction of sp³-hybridized carbons (Fsp3) is 0.333. The summed E-state index contributed by atoms with van der Waals surface area (Å²) >= 11 is 3.50. The van der Waals surface area contributed by atoms with E-state index in [0.29, 0.717) is 12.6 Å². The predicted octanol–water partition coefficient (Wildman–Crippen LogP) is 4.82. The Bertz CT molecular complexity index is 887. The van der Waals surface area contributed by atoms with E-state index in [-0.39, 0.29) is 24.0 Å². The van der Waals surface area contributed by atoms with Crippen LogP contribution in [0.1, 0.15) is 18.5 Å². The fourth-order valence-electron chi connectivity index (χ4n) is 3.36. The van der Waals surface area contributed by atoms with Crippen molar-refractivity contribution >= 4 is 57.6 Å². The van der Waals surface area contributed by atoms with Crippen LogP contribution in [0.3, 0.4) is 0 Å². The number of aliphatic imine (C=N–C) groups is 1. The number of thiazole rings is 1. The Balaban J connectivity index is 0.00000240. The zero-order valence-corrected chi connectivity index (χ0v) is 20.3. The first-order valence-corrected chi connectivity index (χ1v) is 11.3. The topological polar surface area (TPSA) is 52.6 Å². The summed E-state index contributed by atoms with van der Waals surface area (Å²) in [6, 6.07) is 15.1. The van der Waals surface area contributed by atoms with E-state index in [1.807, 2.05) is 36.6 Å². The average molecular weight is 540 g/mol. The Morgan fingerprint density at radius 2 is 1.93 bits per heavy atom. The van der Waals surface area contributed by atoms with E-state index < -0.39 is 0 Å². The van der Waals surface area contributed by atoms with Gasteiger partial charge in [-0.1, -0.05) is 30.3 Å². The molecule has 0 atom stereocenters. The number of halogens is 1. The third-order valence-corrected chi connectivity index (χ3v) is 6.76. The van der Waals surface area contributed by atoms with Crippen LogP contribution < -0.4 is 15.5 Å². The summed E-state index contributed by atoms with van der Waals surface area (Å²) in [6.07, 6.45) is 2.24. The van der Waals surface area contributed by atoms with Crippen molar-refractivity contribution < 1.29 is 0 Å². The molecule has 2 N–H and O–H groups in total. The summed E-state index contributed by atoms with van der Waals surface area (Å²) in [7, 11) is 1.83. The summed E-state index contributed by atoms with van der Waals surface area (Å²) in [5.74, 6) is 0.851. The lowest BCUT2D eigenvalue weighted by Gasteiger charge is -2.33. The smallest absolute Gasteiger partial charge is 0.191 e. The van der Waals surface area contributed by atoms with E-state index in [2.05, 4.69) is 55.6 Å². The molecule has 5 nitrogen and oxygen atoms in total. The molecule has 29 heavy (non-hydrogen) atoms. The van der Waals surface area contributed by atoms with Crippen LogP contribution in [0.25, 0.3) is 10.6 Å². The quantitative estimate of drug-likeness (QED) is 0.277. The zero-order valence-electron chi connectivity index (χ0n) is 16.4. The van der Waals surface area contributed by atoms with Crippen LogP contribution in [0.15, 0.2) is 58.2 Å². The van der Waals surface area contributed by atoms with Gasteiger partial charge in [-0.15, -0.1) is 46.7 Å². The van der Waals surface area contributed by atoms with Gasteiger partial charge in [-0.05, 0) is 30.4 Å². The molecule has 2 aromatic heterocycles. The Hall–Kier alpha value is -1.65. The normalized spacial score (nSPS) is 15.1. The summed E-state index contributed by atoms with van der Waals surface area (Å²) < 4.78 is 0. The molecule has 1 aliphatic rings. The Labute approximate surface area is 197 Å². The lowest BCUT2D eigenvalue weighted by Crippen LogP contribution is -2.48. The number of rotatable bonds is 5. The average Bonchev–Trinajstić information content (AvgIpc) is 3.44. The van der Waals surface area contributed by atoms with Gasteiger partial charge in [0.05, 0.1) is 17.2 Å². The molecule has 1 fully saturated rings. The van der Waals surface area contributed by atoms with Crippen LogP contribution in [0, 0.1) is 0 Å². The van der Waals surface area contributed by atoms with Crippen molar-refractivity contribution in [3.05, 3.63) is 58.9 Å². The molecule has 0 spiro atoms. The molecule has 0 saturated carbocycles. The van der Waals surface area contributed by atoms with E-state index >= 15 is 0 Å². The molecule has 0 bridgehead atoms. The second-order valence-electron chi connectivity index (χ2n) is 6.79. The number of aromatic nitrogens is 1. The highest BCUT2D eigenvalue weighted by atomic mass is 127. The number of nitrogens with one attached hydrogen (secondary N) is 2. The molecule has 0 amide bonds. The maximum atomic E-state index is 4.74. The van der Waals surface area contributed by atoms with Crippen molar-refractivity contribution in [1.82, 2.24) is 15.6 Å². The molecule has 1 aliphatic heterocycles. The molecule has 3 aromatic rings. The SMILES string of the molecule is CN=C(NCc1csc(-c2ccccc2)n1)NC1CCN(c2cccs2)CC1.I. The van der Waals surface area contributed by atoms with Gasteiger partial charge < -0.3 is 15.5 Å². The maximum absolute atomic E-state index is 4.74. The minimum Gasteiger partial charge on any atom is -0.363 e. The molecule has 1 saturated heterocycles. The monoisotopic (exact) mass is 539 g/mol. The minimum absolute atomic E-state index is 0. The van der Waals surface area contributed by atoms with E-state index in [9.17, 15) is 0 Å². The molecule has 0 radical (unpaired) electrons. The summed E-state index contributed by atoms with van der Waals surface area (Å²) in [6.45, 7) is 2.85. The van der Waals surface area contributed by atoms with Crippen molar-refractivity contribution in [3.63, 3.8) is 0 Å². The van der Waals surface area contributed by atoms with Gasteiger partial charge in [0.15, 0.2) is 5.96 Å². The van der Waals surface area contributed by atoms with Crippen LogP contribution in [-0.4, -0.2) is 37.1 Å². The summed E-state index contributed by atoms with van der Waals surface area (Å²) in [4.78, 5) is 11.6. The molecule has 8 heteroatoms. The third kappa shape index (κ3) is 5.93. The van der Waals surface area contributed by atoms with E-state index in [4.69, 9.17) is 4.98 Å². The lowest BCUT2D eigenvalue weighted by atomic mass is 10.1. The van der Waals surface area contributed by atoms with Crippen molar-refractivity contribution in [2.75, 3.05) is 25.0 Å². The molecule has 0 aliphatic carbocycles. The predicted molar refractivity (Wildman–Crippen MR) is 136 cm³/mol. The first-order chi connectivity index (χ1) is 13.8. The number of nitrogens with zero attached hydrogens (tertiary/aromatic N) is 3. The van der Waals surface area contributed by atoms with E-state index in [1.54, 1.807) is 11.3 Å². The number of guanidine groups is 1. The highest BCUT2D eigenvalue weighted by Crippen LogP contribution is 2.25. The van der Waals surface area contributed by atoms with Gasteiger partial charge in [0.1, 0.15) is 5.01 Å². The zero-order chi connectivity index (χ0) is 19.2. The molecular formula is C21H26IN5S2. The lowest BCUT2D eigenvalue weighted by molar-refractivity contribution is 0.462. The van der Waals surface area contributed by atoms with Gasteiger partial charge in [-0.25, -0.2) is 4.98 Å². The summed E-state index contributed by atoms with van der Waals surface area (Å²) in [5, 5.41) is 13.7. The summed E-state index contributed by atoms with van der Waals surface area (Å²) in [5.41, 5.74) is 2.21. The van der Waals surface area contributed by atoms with Crippen LogP contribution in [-0.2, 0) is 6.54 Å². The molecule has 0 unspecified atom stereocenters. The van der Waals surface area contributed by atoms with Crippen molar-refractivity contribution in [3.8, 4) is 10.6 Å². The Morgan fingerprint density at radius 3 is 2.62 bits per heavy atom. The van der Waals surface area contributed by atoms with Gasteiger partial charge in [0, 0.05) is 37.1 Å². The van der Waals surface area contributed by atoms with Gasteiger partial charge in [0.25, 0.3) is 0 Å². The number of hydrogen-bond acceptors (Lipinski definition) is 5. The van der Waals surface area contributed by atoms with Crippen molar-refractivity contribution in [2.45, 2.75) is 25.4 Å². The van der Waals surface area contributed by atoms with Crippen LogP contribution in [0.2, 0.25) is 0 Å². The fourth-order valence-corrected chi connectivity index (χ4v) is 4.97. The molecule has 154 valence electrons. The maximum Gasteiger partial charge on any atom is 0.191 e. The van der Waals surface area contributed by atoms with Crippen LogP contribution in [0.5, 0.6) is 0 Å². The standard InChI is InChI=1S/C21H25N5S2.HI/c1-22-21(25-17-9-11-26(12-10-17)19-8-5-13-27-19)23-14-18-15-28-20(24-18)16-6-3-2-4-7-16;/h2-8,13,15,17H,9-12,14H2,1H3,(H2,22,23,25);1H. The van der Waals surface area contributed by atoms with E-state index in [1.165, 1.54) is 10.6 Å². The van der Waals surface area contributed by atoms with Crippen LogP contribution >= 0.6 is 46.7 Å².